The molecule has 0 saturated carbocycles. The highest BCUT2D eigenvalue weighted by atomic mass is 79.9. The minimum Gasteiger partial charge on any atom is -0.363 e. The molecule has 0 fully saturated rings. The van der Waals surface area contributed by atoms with E-state index in [1.54, 1.807) is 212 Å². The summed E-state index contributed by atoms with van der Waals surface area (Å²) in [5, 5.41) is 69.7. The first-order chi connectivity index (χ1) is 58.8. The maximum Gasteiger partial charge on any atom is 0.261 e. The van der Waals surface area contributed by atoms with Gasteiger partial charge < -0.3 is 62.1 Å². The number of hydrogen-bond acceptors (Lipinski definition) is 16. The van der Waals surface area contributed by atoms with E-state index in [4.69, 9.17) is 51.4 Å². The number of aromatic nitrogens is 8. The summed E-state index contributed by atoms with van der Waals surface area (Å²) in [4.78, 5) is 112. The minimum atomic E-state index is -0.925. The van der Waals surface area contributed by atoms with E-state index in [9.17, 15) is 51.5 Å². The van der Waals surface area contributed by atoms with Gasteiger partial charge in [0.25, 0.3) is 47.3 Å². The summed E-state index contributed by atoms with van der Waals surface area (Å²) < 4.78 is 46.5. The molecule has 39 heteroatoms. The molecule has 636 valence electrons. The maximum atomic E-state index is 13.8. The van der Waals surface area contributed by atoms with Gasteiger partial charge in [0, 0.05) is 156 Å². The smallest absolute Gasteiger partial charge is 0.261 e. The highest BCUT2D eigenvalue weighted by molar-refractivity contribution is 9.10. The standard InChI is InChI=1S/C22H20ClN7O2.C21H21BrN6O2.C21H20ClFN6O2.C21H20F2N6O2/c1-25-18-11-15(23)9-10-17(18)27-22(32)16-12-26-30(4)20(16)28-21(31)14-7-5-13(6-8-14)19(24)29(2)3;1-27(2)18(23)13-4-6-14(7-5-13)20(29)26-19-17(12-24-28(19)3)21(30)25-16-10-8-15(22)9-11-16;1-28(2)18(24)12-4-6-13(7-5-12)20(30)27-19-15(11-25-29(19)3)21(31)26-17-9-8-14(23)10-16(17)22;1-28(2)18(24)12-4-6-13(7-5-12)20(30)27-19-15(11-25-29(19)3)21(31)26-17-9-8-14(22)10-16(17)23/h5-12,24H,2-4H3,(H,27,32)(H,28,31);4-12,23H,1-3H3,(H,25,30)(H,26,29);2*4-11,24H,1-3H3,(H,26,31)(H,27,30). The number of rotatable bonds is 20. The molecule has 0 radical (unpaired) electrons. The molecule has 8 aromatic carbocycles. The van der Waals surface area contributed by atoms with Crippen molar-refractivity contribution < 1.29 is 51.5 Å². The molecule has 4 aromatic heterocycles. The van der Waals surface area contributed by atoms with Crippen molar-refractivity contribution in [2.45, 2.75) is 0 Å². The summed E-state index contributed by atoms with van der Waals surface area (Å²) in [7, 11) is 20.5. The van der Waals surface area contributed by atoms with Crippen molar-refractivity contribution in [2.24, 2.45) is 28.2 Å². The summed E-state index contributed by atoms with van der Waals surface area (Å²) in [6.07, 6.45) is 5.28. The Morgan fingerprint density at radius 1 is 0.355 bits per heavy atom. The lowest BCUT2D eigenvalue weighted by atomic mass is 10.1. The number of hydrogen-bond donors (Lipinski definition) is 12. The molecule has 0 aliphatic carbocycles. The van der Waals surface area contributed by atoms with Gasteiger partial charge in [-0.25, -0.2) is 18.0 Å². The third-order valence-corrected chi connectivity index (χ3v) is 19.0. The summed E-state index contributed by atoms with van der Waals surface area (Å²) in [6, 6.07) is 44.3. The van der Waals surface area contributed by atoms with Crippen molar-refractivity contribution in [1.29, 1.82) is 21.6 Å². The maximum absolute atomic E-state index is 13.8. The molecule has 0 aliphatic rings. The monoisotopic (exact) mass is 1790 g/mol. The first-order valence-electron chi connectivity index (χ1n) is 36.7. The molecule has 12 aromatic rings. The highest BCUT2D eigenvalue weighted by Gasteiger charge is 2.26. The molecular weight excluding hydrogens is 1710 g/mol. The van der Waals surface area contributed by atoms with Crippen molar-refractivity contribution in [3.8, 4) is 0 Å². The third-order valence-electron chi connectivity index (χ3n) is 17.9. The van der Waals surface area contributed by atoms with Crippen LogP contribution < -0.4 is 42.5 Å². The van der Waals surface area contributed by atoms with E-state index in [-0.39, 0.29) is 73.6 Å². The van der Waals surface area contributed by atoms with Crippen LogP contribution in [-0.2, 0) is 28.2 Å². The summed E-state index contributed by atoms with van der Waals surface area (Å²) >= 11 is 15.2. The van der Waals surface area contributed by atoms with Crippen LogP contribution in [0.1, 0.15) is 105 Å². The Morgan fingerprint density at radius 3 is 0.927 bits per heavy atom. The van der Waals surface area contributed by atoms with E-state index in [0.29, 0.717) is 96.1 Å². The Balaban J connectivity index is 0.000000187. The zero-order chi connectivity index (χ0) is 90.7. The number of amides is 8. The normalized spacial score (nSPS) is 10.4. The van der Waals surface area contributed by atoms with Gasteiger partial charge in [0.15, 0.2) is 0 Å². The van der Waals surface area contributed by atoms with Gasteiger partial charge in [0.05, 0.1) is 47.8 Å². The van der Waals surface area contributed by atoms with Gasteiger partial charge in [0.1, 0.15) is 86.3 Å². The Kier molecular flexibility index (Phi) is 31.0. The molecule has 0 atom stereocenters. The lowest BCUT2D eigenvalue weighted by Gasteiger charge is -2.14. The number of carbonyl (C=O) groups excluding carboxylic acids is 8. The van der Waals surface area contributed by atoms with Crippen LogP contribution in [0.15, 0.2) is 205 Å². The largest absolute Gasteiger partial charge is 0.363 e. The average molecular weight is 1790 g/mol. The number of benzene rings is 8. The number of nitrogens with zero attached hydrogens (tertiary/aromatic N) is 13. The molecule has 12 rings (SSSR count). The van der Waals surface area contributed by atoms with E-state index in [0.717, 1.165) is 22.7 Å². The predicted molar refractivity (Wildman–Crippen MR) is 474 cm³/mol. The van der Waals surface area contributed by atoms with Gasteiger partial charge in [-0.05, 0) is 121 Å². The fourth-order valence-corrected chi connectivity index (χ4v) is 11.7. The van der Waals surface area contributed by atoms with Crippen molar-refractivity contribution in [3.63, 3.8) is 0 Å². The molecule has 124 heavy (non-hydrogen) atoms. The Labute approximate surface area is 727 Å². The van der Waals surface area contributed by atoms with Gasteiger partial charge >= 0.3 is 0 Å². The second-order valence-corrected chi connectivity index (χ2v) is 29.3. The van der Waals surface area contributed by atoms with Gasteiger partial charge in [-0.3, -0.25) is 78.7 Å². The molecule has 0 saturated heterocycles. The second kappa shape index (κ2) is 41.5. The summed E-state index contributed by atoms with van der Waals surface area (Å²) in [5.74, 6) is -4.08. The highest BCUT2D eigenvalue weighted by Crippen LogP contribution is 2.31. The zero-order valence-electron chi connectivity index (χ0n) is 68.4. The van der Waals surface area contributed by atoms with E-state index in [2.05, 4.69) is 83.7 Å². The first-order valence-corrected chi connectivity index (χ1v) is 38.2. The predicted octanol–water partition coefficient (Wildman–Crippen LogP) is 14.3. The number of anilines is 8. The van der Waals surface area contributed by atoms with Crippen molar-refractivity contribution >= 4 is 161 Å². The molecule has 0 bridgehead atoms. The van der Waals surface area contributed by atoms with Crippen LogP contribution in [-0.4, -0.2) is 186 Å². The van der Waals surface area contributed by atoms with Gasteiger partial charge in [-0.1, -0.05) is 87.7 Å². The molecule has 33 nitrogen and oxygen atoms in total. The average Bonchev–Trinajstić information content (AvgIpc) is 1.67. The first kappa shape index (κ1) is 92.5. The van der Waals surface area contributed by atoms with E-state index >= 15 is 0 Å². The number of nitrogens with one attached hydrogen (secondary N) is 12. The fourth-order valence-electron chi connectivity index (χ4n) is 11.1. The lowest BCUT2D eigenvalue weighted by molar-refractivity contribution is 0.101. The van der Waals surface area contributed by atoms with Crippen molar-refractivity contribution in [1.82, 2.24) is 58.7 Å². The SMILES string of the molecule is CN(C)C(=N)c1ccc(C(=O)Nc2c(C(=O)Nc3ccc(Br)cc3)cnn2C)cc1.CN(C)C(=N)c1ccc(C(=O)Nc2c(C(=O)Nc3ccc(F)cc3Cl)cnn2C)cc1.CN(C)C(=N)c1ccc(C(=O)Nc2c(C(=O)Nc3ccc(F)cc3F)cnn2C)cc1.[C-]#[N+]c1cc(Cl)ccc1NC(=O)c1cnn(C)c1NC(=O)c1ccc(C(=N)N(C)C)cc1. The van der Waals surface area contributed by atoms with Crippen LogP contribution in [0, 0.1) is 45.7 Å². The van der Waals surface area contributed by atoms with Crippen molar-refractivity contribution in [3.05, 3.63) is 311 Å². The van der Waals surface area contributed by atoms with E-state index < -0.39 is 52.9 Å². The Bertz CT molecular complexity index is 5940. The van der Waals surface area contributed by atoms with Crippen LogP contribution in [0.25, 0.3) is 4.85 Å². The van der Waals surface area contributed by atoms with Crippen LogP contribution in [0.4, 0.5) is 64.9 Å². The van der Waals surface area contributed by atoms with Crippen molar-refractivity contribution in [2.75, 3.05) is 98.9 Å². The zero-order valence-corrected chi connectivity index (χ0v) is 71.5. The quantitative estimate of drug-likeness (QED) is 0.0192. The molecule has 4 heterocycles. The molecular formula is C85H81BrCl2F3N25O8. The van der Waals surface area contributed by atoms with Crippen LogP contribution in [0.5, 0.6) is 0 Å². The number of halogens is 6. The van der Waals surface area contributed by atoms with Crippen LogP contribution in [0.2, 0.25) is 10.0 Å². The lowest BCUT2D eigenvalue weighted by Crippen LogP contribution is -2.22. The number of carbonyl (C=O) groups is 8. The molecule has 0 unspecified atom stereocenters. The van der Waals surface area contributed by atoms with E-state index in [1.807, 2.05) is 12.1 Å². The van der Waals surface area contributed by atoms with Gasteiger partial charge in [0.2, 0.25) is 5.69 Å². The molecule has 8 amide bonds. The third kappa shape index (κ3) is 23.8. The topological polar surface area (TPSA) is 417 Å². The second-order valence-electron chi connectivity index (χ2n) is 27.6. The molecule has 0 aliphatic heterocycles. The number of amidine groups is 4. The molecule has 12 N–H and O–H groups in total. The van der Waals surface area contributed by atoms with Gasteiger partial charge in [-0.15, -0.1) is 0 Å². The minimum absolute atomic E-state index is 0.00517. The van der Waals surface area contributed by atoms with Crippen LogP contribution >= 0.6 is 39.1 Å². The van der Waals surface area contributed by atoms with E-state index in [1.165, 1.54) is 74.8 Å². The summed E-state index contributed by atoms with van der Waals surface area (Å²) in [5.41, 5.74) is 5.77. The van der Waals surface area contributed by atoms with Gasteiger partial charge in [-0.2, -0.15) is 20.4 Å². The molecule has 0 spiro atoms. The Hall–Kier alpha value is -15.4. The fraction of sp³-hybridized carbons (Fsp3) is 0.141. The Morgan fingerprint density at radius 2 is 0.629 bits per heavy atom. The van der Waals surface area contributed by atoms with Crippen LogP contribution in [0.3, 0.4) is 0 Å². The summed E-state index contributed by atoms with van der Waals surface area (Å²) in [6.45, 7) is 7.25. The number of aryl methyl sites for hydroxylation is 4.